The summed E-state index contributed by atoms with van der Waals surface area (Å²) in [5.74, 6) is 0.857. The molecule has 0 aromatic heterocycles. The molecule has 0 spiro atoms. The van der Waals surface area contributed by atoms with Crippen molar-refractivity contribution in [3.63, 3.8) is 0 Å². The molecule has 0 saturated carbocycles. The first-order chi connectivity index (χ1) is 10.1. The molecule has 2 unspecified atom stereocenters. The number of ether oxygens (including phenoxy) is 1. The molecular weight excluding hydrogens is 264 g/mol. The van der Waals surface area contributed by atoms with E-state index in [9.17, 15) is 5.11 Å². The number of benzene rings is 1. The number of hydrogen-bond donors (Lipinski definition) is 1. The molecule has 1 N–H and O–H groups in total. The van der Waals surface area contributed by atoms with Gasteiger partial charge in [0.2, 0.25) is 0 Å². The van der Waals surface area contributed by atoms with E-state index in [-0.39, 0.29) is 0 Å². The van der Waals surface area contributed by atoms with Crippen LogP contribution in [0.25, 0.3) is 0 Å². The quantitative estimate of drug-likeness (QED) is 0.871. The number of nitrogens with zero attached hydrogens (tertiary/aromatic N) is 2. The van der Waals surface area contributed by atoms with Crippen LogP contribution in [0.2, 0.25) is 0 Å². The van der Waals surface area contributed by atoms with Crippen molar-refractivity contribution in [1.29, 1.82) is 0 Å². The van der Waals surface area contributed by atoms with E-state index in [1.165, 1.54) is 19.4 Å². The van der Waals surface area contributed by atoms with Crippen LogP contribution in [0.4, 0.5) is 0 Å². The molecule has 2 atom stereocenters. The monoisotopic (exact) mass is 292 g/mol. The van der Waals surface area contributed by atoms with Gasteiger partial charge in [-0.3, -0.25) is 4.90 Å². The fourth-order valence-electron chi connectivity index (χ4n) is 2.98. The molecule has 1 aliphatic heterocycles. The van der Waals surface area contributed by atoms with Crippen molar-refractivity contribution in [3.8, 4) is 5.75 Å². The van der Waals surface area contributed by atoms with E-state index < -0.39 is 6.10 Å². The van der Waals surface area contributed by atoms with Gasteiger partial charge >= 0.3 is 0 Å². The van der Waals surface area contributed by atoms with E-state index in [1.54, 1.807) is 0 Å². The standard InChI is InChI=1S/C17H28N2O2/c1-4-21-16-9-7-14(8-10-16)17(20)13-19(3)15-6-5-11-18(2)12-15/h7-10,15,17,20H,4-6,11-13H2,1-3H3. The smallest absolute Gasteiger partial charge is 0.119 e. The van der Waals surface area contributed by atoms with Crippen molar-refractivity contribution in [1.82, 2.24) is 9.80 Å². The van der Waals surface area contributed by atoms with E-state index in [2.05, 4.69) is 23.9 Å². The molecule has 4 nitrogen and oxygen atoms in total. The molecule has 1 aromatic carbocycles. The van der Waals surface area contributed by atoms with Crippen LogP contribution in [0.5, 0.6) is 5.75 Å². The van der Waals surface area contributed by atoms with E-state index >= 15 is 0 Å². The van der Waals surface area contributed by atoms with Crippen molar-refractivity contribution in [2.75, 3.05) is 40.3 Å². The van der Waals surface area contributed by atoms with Gasteiger partial charge in [-0.15, -0.1) is 0 Å². The summed E-state index contributed by atoms with van der Waals surface area (Å²) in [6.45, 7) is 5.59. The Labute approximate surface area is 128 Å². The van der Waals surface area contributed by atoms with Crippen LogP contribution in [-0.2, 0) is 0 Å². The van der Waals surface area contributed by atoms with Crippen molar-refractivity contribution in [2.45, 2.75) is 31.9 Å². The van der Waals surface area contributed by atoms with Crippen molar-refractivity contribution in [2.24, 2.45) is 0 Å². The number of hydrogen-bond acceptors (Lipinski definition) is 4. The zero-order chi connectivity index (χ0) is 15.2. The van der Waals surface area contributed by atoms with E-state index in [4.69, 9.17) is 4.74 Å². The first-order valence-electron chi connectivity index (χ1n) is 7.89. The lowest BCUT2D eigenvalue weighted by atomic mass is 10.0. The third-order valence-electron chi connectivity index (χ3n) is 4.26. The highest BCUT2D eigenvalue weighted by Crippen LogP contribution is 2.21. The fraction of sp³-hybridized carbons (Fsp3) is 0.647. The Kier molecular flexibility index (Phi) is 6.03. The summed E-state index contributed by atoms with van der Waals surface area (Å²) < 4.78 is 5.43. The molecule has 0 aliphatic carbocycles. The highest BCUT2D eigenvalue weighted by Gasteiger charge is 2.23. The Hall–Kier alpha value is -1.10. The Morgan fingerprint density at radius 1 is 1.38 bits per heavy atom. The van der Waals surface area contributed by atoms with Gasteiger partial charge in [0.05, 0.1) is 12.7 Å². The predicted octanol–water partition coefficient (Wildman–Crippen LogP) is 2.14. The van der Waals surface area contributed by atoms with Gasteiger partial charge in [0, 0.05) is 19.1 Å². The molecule has 0 bridgehead atoms. The second kappa shape index (κ2) is 7.78. The van der Waals surface area contributed by atoms with Crippen LogP contribution in [0.15, 0.2) is 24.3 Å². The molecule has 2 rings (SSSR count). The zero-order valence-electron chi connectivity index (χ0n) is 13.5. The van der Waals surface area contributed by atoms with Crippen LogP contribution in [0.3, 0.4) is 0 Å². The third-order valence-corrected chi connectivity index (χ3v) is 4.26. The van der Waals surface area contributed by atoms with E-state index in [1.807, 2.05) is 31.2 Å². The normalized spacial score (nSPS) is 21.5. The minimum absolute atomic E-state index is 0.446. The number of likely N-dealkylation sites (tertiary alicyclic amines) is 1. The molecule has 1 saturated heterocycles. The van der Waals surface area contributed by atoms with Gasteiger partial charge in [0.15, 0.2) is 0 Å². The lowest BCUT2D eigenvalue weighted by Crippen LogP contribution is -2.46. The van der Waals surface area contributed by atoms with Crippen molar-refractivity contribution in [3.05, 3.63) is 29.8 Å². The largest absolute Gasteiger partial charge is 0.494 e. The number of aliphatic hydroxyl groups excluding tert-OH is 1. The lowest BCUT2D eigenvalue weighted by Gasteiger charge is -2.36. The van der Waals surface area contributed by atoms with Gasteiger partial charge < -0.3 is 14.7 Å². The summed E-state index contributed by atoms with van der Waals surface area (Å²) in [4.78, 5) is 4.66. The van der Waals surface area contributed by atoms with Crippen LogP contribution in [0, 0.1) is 0 Å². The zero-order valence-corrected chi connectivity index (χ0v) is 13.5. The lowest BCUT2D eigenvalue weighted by molar-refractivity contribution is 0.0742. The summed E-state index contributed by atoms with van der Waals surface area (Å²) in [6, 6.07) is 8.31. The Morgan fingerprint density at radius 3 is 2.71 bits per heavy atom. The Morgan fingerprint density at radius 2 is 2.10 bits per heavy atom. The Bertz CT molecular complexity index is 421. The maximum absolute atomic E-state index is 10.4. The molecule has 0 radical (unpaired) electrons. The van der Waals surface area contributed by atoms with E-state index in [0.29, 0.717) is 19.2 Å². The average Bonchev–Trinajstić information content (AvgIpc) is 2.48. The molecular formula is C17H28N2O2. The molecule has 21 heavy (non-hydrogen) atoms. The second-order valence-electron chi connectivity index (χ2n) is 6.02. The predicted molar refractivity (Wildman–Crippen MR) is 85.7 cm³/mol. The maximum atomic E-state index is 10.4. The second-order valence-corrected chi connectivity index (χ2v) is 6.02. The topological polar surface area (TPSA) is 35.9 Å². The average molecular weight is 292 g/mol. The maximum Gasteiger partial charge on any atom is 0.119 e. The molecule has 1 aliphatic rings. The van der Waals surface area contributed by atoms with Crippen molar-refractivity contribution < 1.29 is 9.84 Å². The summed E-state index contributed by atoms with van der Waals surface area (Å²) in [6.07, 6.45) is 2.01. The highest BCUT2D eigenvalue weighted by atomic mass is 16.5. The Balaban J connectivity index is 1.89. The first-order valence-corrected chi connectivity index (χ1v) is 7.89. The van der Waals surface area contributed by atoms with Gasteiger partial charge in [-0.25, -0.2) is 0 Å². The molecule has 118 valence electrons. The van der Waals surface area contributed by atoms with Crippen LogP contribution in [0.1, 0.15) is 31.4 Å². The minimum Gasteiger partial charge on any atom is -0.494 e. The molecule has 0 amide bonds. The number of aliphatic hydroxyl groups is 1. The number of piperidine rings is 1. The first kappa shape index (κ1) is 16.3. The van der Waals surface area contributed by atoms with Gasteiger partial charge in [-0.2, -0.15) is 0 Å². The van der Waals surface area contributed by atoms with Gasteiger partial charge in [0.25, 0.3) is 0 Å². The van der Waals surface area contributed by atoms with Gasteiger partial charge in [0.1, 0.15) is 5.75 Å². The number of rotatable bonds is 6. The summed E-state index contributed by atoms with van der Waals surface area (Å²) in [5, 5.41) is 10.4. The van der Waals surface area contributed by atoms with Crippen LogP contribution >= 0.6 is 0 Å². The molecule has 1 aromatic rings. The minimum atomic E-state index is -0.446. The highest BCUT2D eigenvalue weighted by molar-refractivity contribution is 5.28. The fourth-order valence-corrected chi connectivity index (χ4v) is 2.98. The summed E-state index contributed by atoms with van der Waals surface area (Å²) >= 11 is 0. The van der Waals surface area contributed by atoms with Crippen molar-refractivity contribution >= 4 is 0 Å². The van der Waals surface area contributed by atoms with Crippen LogP contribution in [-0.4, -0.2) is 61.3 Å². The van der Waals surface area contributed by atoms with E-state index in [0.717, 1.165) is 17.9 Å². The molecule has 1 fully saturated rings. The molecule has 1 heterocycles. The SMILES string of the molecule is CCOc1ccc(C(O)CN(C)C2CCCN(C)C2)cc1. The number of likely N-dealkylation sites (N-methyl/N-ethyl adjacent to an activating group) is 2. The summed E-state index contributed by atoms with van der Waals surface area (Å²) in [7, 11) is 4.28. The van der Waals surface area contributed by atoms with Crippen LogP contribution < -0.4 is 4.74 Å². The van der Waals surface area contributed by atoms with Gasteiger partial charge in [-0.1, -0.05) is 12.1 Å². The third kappa shape index (κ3) is 4.70. The van der Waals surface area contributed by atoms with Gasteiger partial charge in [-0.05, 0) is 58.1 Å². The molecule has 4 heteroatoms. The summed E-state index contributed by atoms with van der Waals surface area (Å²) in [5.41, 5.74) is 0.953.